The average Bonchev–Trinajstić information content (AvgIpc) is 2.47. The highest BCUT2D eigenvalue weighted by atomic mass is 19.4. The highest BCUT2D eigenvalue weighted by molar-refractivity contribution is 5.47. The summed E-state index contributed by atoms with van der Waals surface area (Å²) in [6.45, 7) is 1.62. The third-order valence-electron chi connectivity index (χ3n) is 3.25. The van der Waals surface area contributed by atoms with Gasteiger partial charge in [-0.3, -0.25) is 0 Å². The van der Waals surface area contributed by atoms with E-state index in [1.807, 2.05) is 0 Å². The minimum absolute atomic E-state index is 0.0628. The van der Waals surface area contributed by atoms with Crippen LogP contribution in [0.4, 0.5) is 18.9 Å². The van der Waals surface area contributed by atoms with Crippen molar-refractivity contribution in [3.8, 4) is 0 Å². The van der Waals surface area contributed by atoms with E-state index in [1.54, 1.807) is 37.3 Å². The molecule has 1 atom stereocenters. The molecule has 0 heterocycles. The van der Waals surface area contributed by atoms with Crippen molar-refractivity contribution in [2.24, 2.45) is 0 Å². The van der Waals surface area contributed by atoms with Gasteiger partial charge in [-0.05, 0) is 36.2 Å². The first-order chi connectivity index (χ1) is 9.91. The molecule has 2 nitrogen and oxygen atoms in total. The molecule has 0 aromatic heterocycles. The van der Waals surface area contributed by atoms with E-state index in [-0.39, 0.29) is 12.2 Å². The number of hydrogen-bond acceptors (Lipinski definition) is 2. The van der Waals surface area contributed by atoms with Crippen molar-refractivity contribution in [3.05, 3.63) is 65.2 Å². The van der Waals surface area contributed by atoms with Crippen LogP contribution >= 0.6 is 0 Å². The van der Waals surface area contributed by atoms with Crippen molar-refractivity contribution in [2.45, 2.75) is 25.7 Å². The highest BCUT2D eigenvalue weighted by Gasteiger charge is 2.34. The molecule has 2 aromatic rings. The predicted octanol–water partition coefficient (Wildman–Crippen LogP) is 4.37. The summed E-state index contributed by atoms with van der Waals surface area (Å²) in [7, 11) is 0. The third kappa shape index (κ3) is 3.76. The molecule has 5 heteroatoms. The molecular weight excluding hydrogens is 279 g/mol. The van der Waals surface area contributed by atoms with E-state index in [0.29, 0.717) is 5.69 Å². The lowest BCUT2D eigenvalue weighted by atomic mass is 10.0. The van der Waals surface area contributed by atoms with Crippen LogP contribution in [0.5, 0.6) is 0 Å². The van der Waals surface area contributed by atoms with Gasteiger partial charge in [-0.15, -0.1) is 0 Å². The Balaban J connectivity index is 2.22. The standard InChI is InChI=1S/C16H16F3NO/c1-11(20-13-8-6-12(10-21)7-9-13)14-4-2-3-5-15(14)16(17,18)19/h2-9,11,20-21H,10H2,1H3. The van der Waals surface area contributed by atoms with Gasteiger partial charge in [-0.25, -0.2) is 0 Å². The van der Waals surface area contributed by atoms with Crippen molar-refractivity contribution in [1.29, 1.82) is 0 Å². The fourth-order valence-electron chi connectivity index (χ4n) is 2.17. The largest absolute Gasteiger partial charge is 0.416 e. The molecule has 2 N–H and O–H groups in total. The van der Waals surface area contributed by atoms with Crippen LogP contribution in [-0.2, 0) is 12.8 Å². The molecule has 1 unspecified atom stereocenters. The first kappa shape index (κ1) is 15.4. The molecule has 112 valence electrons. The lowest BCUT2D eigenvalue weighted by Crippen LogP contribution is -2.15. The first-order valence-corrected chi connectivity index (χ1v) is 6.54. The van der Waals surface area contributed by atoms with Gasteiger partial charge in [0.2, 0.25) is 0 Å². The predicted molar refractivity (Wildman–Crippen MR) is 75.8 cm³/mol. The number of nitrogens with one attached hydrogen (secondary N) is 1. The van der Waals surface area contributed by atoms with E-state index < -0.39 is 17.8 Å². The molecular formula is C16H16F3NO. The van der Waals surface area contributed by atoms with Crippen LogP contribution in [0.2, 0.25) is 0 Å². The molecule has 0 spiro atoms. The zero-order valence-corrected chi connectivity index (χ0v) is 11.5. The van der Waals surface area contributed by atoms with E-state index >= 15 is 0 Å². The highest BCUT2D eigenvalue weighted by Crippen LogP contribution is 2.35. The Hall–Kier alpha value is -2.01. The Morgan fingerprint density at radius 2 is 1.67 bits per heavy atom. The zero-order valence-electron chi connectivity index (χ0n) is 11.5. The van der Waals surface area contributed by atoms with Crippen molar-refractivity contribution in [2.75, 3.05) is 5.32 Å². The molecule has 0 aliphatic carbocycles. The normalized spacial score (nSPS) is 13.0. The quantitative estimate of drug-likeness (QED) is 0.877. The average molecular weight is 295 g/mol. The van der Waals surface area contributed by atoms with Gasteiger partial charge < -0.3 is 10.4 Å². The summed E-state index contributed by atoms with van der Waals surface area (Å²) in [5, 5.41) is 12.0. The minimum atomic E-state index is -4.37. The second-order valence-corrected chi connectivity index (χ2v) is 4.81. The number of anilines is 1. The van der Waals surface area contributed by atoms with Crippen molar-refractivity contribution in [3.63, 3.8) is 0 Å². The van der Waals surface area contributed by atoms with Crippen molar-refractivity contribution in [1.82, 2.24) is 0 Å². The van der Waals surface area contributed by atoms with Crippen LogP contribution in [0.15, 0.2) is 48.5 Å². The fourth-order valence-corrected chi connectivity index (χ4v) is 2.17. The van der Waals surface area contributed by atoms with Gasteiger partial charge in [-0.1, -0.05) is 30.3 Å². The summed E-state index contributed by atoms with van der Waals surface area (Å²) in [5.41, 5.74) is 1.04. The Bertz CT molecular complexity index is 593. The molecule has 0 saturated heterocycles. The fraction of sp³-hybridized carbons (Fsp3) is 0.250. The maximum Gasteiger partial charge on any atom is 0.416 e. The Kier molecular flexibility index (Phi) is 4.53. The lowest BCUT2D eigenvalue weighted by molar-refractivity contribution is -0.138. The summed E-state index contributed by atoms with van der Waals surface area (Å²) < 4.78 is 39.0. The maximum atomic E-state index is 13.0. The van der Waals surface area contributed by atoms with Crippen molar-refractivity contribution < 1.29 is 18.3 Å². The lowest BCUT2D eigenvalue weighted by Gasteiger charge is -2.20. The molecule has 0 aliphatic heterocycles. The summed E-state index contributed by atoms with van der Waals surface area (Å²) in [4.78, 5) is 0. The van der Waals surface area contributed by atoms with E-state index in [4.69, 9.17) is 5.11 Å². The maximum absolute atomic E-state index is 13.0. The minimum Gasteiger partial charge on any atom is -0.392 e. The van der Waals surface area contributed by atoms with E-state index in [9.17, 15) is 13.2 Å². The van der Waals surface area contributed by atoms with E-state index in [1.165, 1.54) is 12.1 Å². The van der Waals surface area contributed by atoms with Gasteiger partial charge in [-0.2, -0.15) is 13.2 Å². The number of rotatable bonds is 4. The number of halogens is 3. The number of alkyl halides is 3. The monoisotopic (exact) mass is 295 g/mol. The molecule has 21 heavy (non-hydrogen) atoms. The van der Waals surface area contributed by atoms with Crippen LogP contribution in [0.1, 0.15) is 29.7 Å². The summed E-state index contributed by atoms with van der Waals surface area (Å²) in [6, 6.07) is 12.0. The molecule has 0 saturated carbocycles. The SMILES string of the molecule is CC(Nc1ccc(CO)cc1)c1ccccc1C(F)(F)F. The topological polar surface area (TPSA) is 32.3 Å². The van der Waals surface area contributed by atoms with E-state index in [0.717, 1.165) is 11.6 Å². The first-order valence-electron chi connectivity index (χ1n) is 6.54. The summed E-state index contributed by atoms with van der Waals surface area (Å²) in [6.07, 6.45) is -4.37. The Labute approximate surface area is 121 Å². The molecule has 0 aliphatic rings. The number of hydrogen-bond donors (Lipinski definition) is 2. The molecule has 2 rings (SSSR count). The van der Waals surface area contributed by atoms with Gasteiger partial charge in [0.25, 0.3) is 0 Å². The molecule has 0 bridgehead atoms. The third-order valence-corrected chi connectivity index (χ3v) is 3.25. The molecule has 2 aromatic carbocycles. The second-order valence-electron chi connectivity index (χ2n) is 4.81. The van der Waals surface area contributed by atoms with Crippen LogP contribution in [-0.4, -0.2) is 5.11 Å². The summed E-state index contributed by atoms with van der Waals surface area (Å²) >= 11 is 0. The Morgan fingerprint density at radius 1 is 1.05 bits per heavy atom. The molecule has 0 radical (unpaired) electrons. The Morgan fingerprint density at radius 3 is 2.24 bits per heavy atom. The number of aliphatic hydroxyl groups excluding tert-OH is 1. The van der Waals surface area contributed by atoms with Crippen molar-refractivity contribution >= 4 is 5.69 Å². The van der Waals surface area contributed by atoms with Gasteiger partial charge in [0.15, 0.2) is 0 Å². The van der Waals surface area contributed by atoms with Gasteiger partial charge in [0.05, 0.1) is 12.2 Å². The van der Waals surface area contributed by atoms with Crippen LogP contribution in [0.25, 0.3) is 0 Å². The number of benzene rings is 2. The van der Waals surface area contributed by atoms with Gasteiger partial charge >= 0.3 is 6.18 Å². The number of aliphatic hydroxyl groups is 1. The van der Waals surface area contributed by atoms with Gasteiger partial charge in [0, 0.05) is 11.7 Å². The summed E-state index contributed by atoms with van der Waals surface area (Å²) in [5.74, 6) is 0. The zero-order chi connectivity index (χ0) is 15.5. The van der Waals surface area contributed by atoms with Crippen LogP contribution < -0.4 is 5.32 Å². The van der Waals surface area contributed by atoms with Crippen LogP contribution in [0, 0.1) is 0 Å². The molecule has 0 fully saturated rings. The van der Waals surface area contributed by atoms with E-state index in [2.05, 4.69) is 5.32 Å². The second kappa shape index (κ2) is 6.18. The smallest absolute Gasteiger partial charge is 0.392 e. The van der Waals surface area contributed by atoms with Crippen LogP contribution in [0.3, 0.4) is 0 Å². The van der Waals surface area contributed by atoms with Gasteiger partial charge in [0.1, 0.15) is 0 Å². The molecule has 0 amide bonds.